The third-order valence-corrected chi connectivity index (χ3v) is 2.63. The minimum Gasteiger partial charge on any atom is -0.302 e. The lowest BCUT2D eigenvalue weighted by Gasteiger charge is -2.21. The molecular formula is C11H14N4O2. The van der Waals surface area contributed by atoms with E-state index in [4.69, 9.17) is 0 Å². The van der Waals surface area contributed by atoms with E-state index < -0.39 is 0 Å². The summed E-state index contributed by atoms with van der Waals surface area (Å²) in [6.07, 6.45) is 6.05. The van der Waals surface area contributed by atoms with Crippen LogP contribution in [-0.4, -0.2) is 27.6 Å². The molecule has 2 N–H and O–H groups in total. The average molecular weight is 234 g/mol. The van der Waals surface area contributed by atoms with Crippen LogP contribution in [0.1, 0.15) is 18.4 Å². The van der Waals surface area contributed by atoms with E-state index in [1.165, 1.54) is 0 Å². The lowest BCUT2D eigenvalue weighted by molar-refractivity contribution is -0.134. The average Bonchev–Trinajstić information content (AvgIpc) is 2.76. The Labute approximate surface area is 98.7 Å². The van der Waals surface area contributed by atoms with E-state index in [9.17, 15) is 9.59 Å². The Kier molecular flexibility index (Phi) is 3.34. The van der Waals surface area contributed by atoms with Crippen molar-refractivity contribution in [3.05, 3.63) is 24.5 Å². The number of carbonyl (C=O) groups excluding carboxylic acids is 2. The molecule has 6 nitrogen and oxygen atoms in total. The molecule has 1 aromatic heterocycles. The third-order valence-electron chi connectivity index (χ3n) is 2.63. The Bertz CT molecular complexity index is 452. The van der Waals surface area contributed by atoms with Gasteiger partial charge in [0.2, 0.25) is 11.8 Å². The number of piperidine rings is 1. The maximum absolute atomic E-state index is 11.5. The first-order valence-electron chi connectivity index (χ1n) is 5.41. The van der Waals surface area contributed by atoms with Crippen LogP contribution in [0.3, 0.4) is 0 Å². The van der Waals surface area contributed by atoms with Crippen molar-refractivity contribution < 1.29 is 9.59 Å². The van der Waals surface area contributed by atoms with E-state index in [1.807, 2.05) is 6.20 Å². The fraction of sp³-hybridized carbons (Fsp3) is 0.364. The minimum atomic E-state index is -0.306. The van der Waals surface area contributed by atoms with E-state index in [1.54, 1.807) is 17.1 Å². The van der Waals surface area contributed by atoms with Crippen molar-refractivity contribution in [2.45, 2.75) is 25.4 Å². The van der Waals surface area contributed by atoms with Crippen LogP contribution in [0, 0.1) is 0 Å². The van der Waals surface area contributed by atoms with Crippen molar-refractivity contribution in [1.82, 2.24) is 20.4 Å². The molecule has 1 aromatic rings. The molecule has 1 fully saturated rings. The number of nitrogens with zero attached hydrogens (tertiary/aromatic N) is 2. The zero-order valence-electron chi connectivity index (χ0n) is 9.35. The van der Waals surface area contributed by atoms with Crippen molar-refractivity contribution in [2.24, 2.45) is 0 Å². The van der Waals surface area contributed by atoms with Crippen molar-refractivity contribution >= 4 is 18.0 Å². The predicted molar refractivity (Wildman–Crippen MR) is 61.6 cm³/mol. The highest BCUT2D eigenvalue weighted by Gasteiger charge is 2.25. The number of hydrogen-bond acceptors (Lipinski definition) is 4. The smallest absolute Gasteiger partial charge is 0.243 e. The minimum absolute atomic E-state index is 0.201. The second-order valence-corrected chi connectivity index (χ2v) is 3.90. The van der Waals surface area contributed by atoms with Crippen LogP contribution in [0.4, 0.5) is 0 Å². The first-order valence-corrected chi connectivity index (χ1v) is 5.41. The normalized spacial score (nSPS) is 20.1. The standard InChI is InChI=1S/C11H14N4O2/c1-2-15-7-8(6-13-15)5-12-9-3-4-10(16)14-11(9)17/h2,6-7,9,12H,1,3-5H2,(H,14,16,17). The van der Waals surface area contributed by atoms with Gasteiger partial charge in [-0.3, -0.25) is 14.9 Å². The van der Waals surface area contributed by atoms with Crippen molar-refractivity contribution in [3.63, 3.8) is 0 Å². The van der Waals surface area contributed by atoms with Crippen LogP contribution in [-0.2, 0) is 16.1 Å². The van der Waals surface area contributed by atoms with Crippen LogP contribution >= 0.6 is 0 Å². The zero-order valence-corrected chi connectivity index (χ0v) is 9.35. The third kappa shape index (κ3) is 2.79. The van der Waals surface area contributed by atoms with Crippen molar-refractivity contribution in [3.8, 4) is 0 Å². The molecule has 2 heterocycles. The summed E-state index contributed by atoms with van der Waals surface area (Å²) in [5.74, 6) is -0.454. The van der Waals surface area contributed by atoms with E-state index >= 15 is 0 Å². The Morgan fingerprint density at radius 1 is 1.65 bits per heavy atom. The molecule has 0 saturated carbocycles. The van der Waals surface area contributed by atoms with Crippen LogP contribution in [0.5, 0.6) is 0 Å². The number of rotatable bonds is 4. The summed E-state index contributed by atoms with van der Waals surface area (Å²) < 4.78 is 1.60. The van der Waals surface area contributed by atoms with Gasteiger partial charge < -0.3 is 5.32 Å². The number of imide groups is 1. The summed E-state index contributed by atoms with van der Waals surface area (Å²) in [6.45, 7) is 4.13. The predicted octanol–water partition coefficient (Wildman–Crippen LogP) is -0.122. The zero-order chi connectivity index (χ0) is 12.3. The van der Waals surface area contributed by atoms with Gasteiger partial charge in [-0.15, -0.1) is 0 Å². The van der Waals surface area contributed by atoms with Crippen LogP contribution in [0.15, 0.2) is 19.0 Å². The van der Waals surface area contributed by atoms with Gasteiger partial charge in [0.05, 0.1) is 12.2 Å². The van der Waals surface area contributed by atoms with E-state index in [2.05, 4.69) is 22.3 Å². The summed E-state index contributed by atoms with van der Waals surface area (Å²) in [5, 5.41) is 9.43. The largest absolute Gasteiger partial charge is 0.302 e. The molecule has 1 saturated heterocycles. The quantitative estimate of drug-likeness (QED) is 0.712. The Morgan fingerprint density at radius 3 is 3.12 bits per heavy atom. The summed E-state index contributed by atoms with van der Waals surface area (Å²) in [6, 6.07) is -0.306. The van der Waals surface area contributed by atoms with Gasteiger partial charge in [0.1, 0.15) is 0 Å². The Balaban J connectivity index is 1.87. The molecule has 1 aliphatic heterocycles. The van der Waals surface area contributed by atoms with E-state index in [-0.39, 0.29) is 17.9 Å². The molecule has 2 amide bonds. The summed E-state index contributed by atoms with van der Waals surface area (Å²) >= 11 is 0. The molecule has 1 aliphatic rings. The van der Waals surface area contributed by atoms with Crippen molar-refractivity contribution in [2.75, 3.05) is 0 Å². The Hall–Kier alpha value is -1.95. The molecule has 2 rings (SSSR count). The number of nitrogens with one attached hydrogen (secondary N) is 2. The first kappa shape index (κ1) is 11.5. The number of aromatic nitrogens is 2. The number of hydrogen-bond donors (Lipinski definition) is 2. The molecule has 17 heavy (non-hydrogen) atoms. The van der Waals surface area contributed by atoms with Crippen molar-refractivity contribution in [1.29, 1.82) is 0 Å². The van der Waals surface area contributed by atoms with Gasteiger partial charge in [0, 0.05) is 30.9 Å². The summed E-state index contributed by atoms with van der Waals surface area (Å²) in [4.78, 5) is 22.4. The highest BCUT2D eigenvalue weighted by molar-refractivity contribution is 6.00. The van der Waals surface area contributed by atoms with Gasteiger partial charge >= 0.3 is 0 Å². The van der Waals surface area contributed by atoms with Gasteiger partial charge in [0.25, 0.3) is 0 Å². The lowest BCUT2D eigenvalue weighted by atomic mass is 10.1. The van der Waals surface area contributed by atoms with Gasteiger partial charge in [-0.05, 0) is 6.42 Å². The molecule has 0 bridgehead atoms. The molecular weight excluding hydrogens is 220 g/mol. The fourth-order valence-electron chi connectivity index (χ4n) is 1.70. The SMILES string of the molecule is C=Cn1cc(CNC2CCC(=O)NC2=O)cn1. The van der Waals surface area contributed by atoms with Gasteiger partial charge in [-0.2, -0.15) is 5.10 Å². The molecule has 0 radical (unpaired) electrons. The monoisotopic (exact) mass is 234 g/mol. The number of carbonyl (C=O) groups is 2. The maximum Gasteiger partial charge on any atom is 0.243 e. The molecule has 0 aliphatic carbocycles. The maximum atomic E-state index is 11.5. The summed E-state index contributed by atoms with van der Waals surface area (Å²) in [7, 11) is 0. The lowest BCUT2D eigenvalue weighted by Crippen LogP contribution is -2.50. The van der Waals surface area contributed by atoms with Crippen LogP contribution in [0.2, 0.25) is 0 Å². The topological polar surface area (TPSA) is 76.0 Å². The number of amides is 2. The van der Waals surface area contributed by atoms with Crippen LogP contribution < -0.4 is 10.6 Å². The highest BCUT2D eigenvalue weighted by atomic mass is 16.2. The second kappa shape index (κ2) is 4.92. The molecule has 6 heteroatoms. The molecule has 1 atom stereocenters. The van der Waals surface area contributed by atoms with Gasteiger partial charge in [-0.25, -0.2) is 4.68 Å². The molecule has 1 unspecified atom stereocenters. The molecule has 90 valence electrons. The summed E-state index contributed by atoms with van der Waals surface area (Å²) in [5.41, 5.74) is 0.967. The second-order valence-electron chi connectivity index (χ2n) is 3.90. The van der Waals surface area contributed by atoms with E-state index in [0.29, 0.717) is 19.4 Å². The first-order chi connectivity index (χ1) is 8.19. The highest BCUT2D eigenvalue weighted by Crippen LogP contribution is 2.06. The van der Waals surface area contributed by atoms with Crippen LogP contribution in [0.25, 0.3) is 6.20 Å². The van der Waals surface area contributed by atoms with Gasteiger partial charge in [0.15, 0.2) is 0 Å². The molecule has 0 aromatic carbocycles. The Morgan fingerprint density at radius 2 is 2.47 bits per heavy atom. The van der Waals surface area contributed by atoms with Gasteiger partial charge in [-0.1, -0.05) is 6.58 Å². The van der Waals surface area contributed by atoms with E-state index in [0.717, 1.165) is 5.56 Å². The fourth-order valence-corrected chi connectivity index (χ4v) is 1.70. The molecule has 0 spiro atoms.